The number of amides is 1. The molecule has 0 saturated carbocycles. The van der Waals surface area contributed by atoms with Gasteiger partial charge in [-0.2, -0.15) is 0 Å². The van der Waals surface area contributed by atoms with Gasteiger partial charge < -0.3 is 10.5 Å². The third-order valence-electron chi connectivity index (χ3n) is 3.01. The zero-order valence-corrected chi connectivity index (χ0v) is 14.9. The number of rotatable bonds is 5. The van der Waals surface area contributed by atoms with Gasteiger partial charge in [0.1, 0.15) is 18.1 Å². The number of carbonyl (C=O) groups is 1. The highest BCUT2D eigenvalue weighted by atomic mass is 35.5. The molecule has 0 aliphatic carbocycles. The largest absolute Gasteiger partial charge is 0.489 e. The van der Waals surface area contributed by atoms with Crippen molar-refractivity contribution in [2.75, 3.05) is 0 Å². The van der Waals surface area contributed by atoms with Gasteiger partial charge in [0.25, 0.3) is 5.91 Å². The normalized spacial score (nSPS) is 9.88. The number of ether oxygens (including phenoxy) is 1. The van der Waals surface area contributed by atoms with Crippen molar-refractivity contribution in [3.8, 4) is 5.75 Å². The van der Waals surface area contributed by atoms with Crippen molar-refractivity contribution < 1.29 is 9.53 Å². The Hall–Kier alpha value is -2.33. The smallest absolute Gasteiger partial charge is 0.267 e. The lowest BCUT2D eigenvalue weighted by atomic mass is 10.0. The fourth-order valence-corrected chi connectivity index (χ4v) is 1.90. The van der Waals surface area contributed by atoms with Gasteiger partial charge in [-0.25, -0.2) is 0 Å². The molecule has 0 unspecified atom stereocenters. The second kappa shape index (κ2) is 9.73. The molecule has 5 heteroatoms. The average Bonchev–Trinajstić information content (AvgIpc) is 2.53. The molecule has 0 aromatic heterocycles. The molecule has 0 radical (unpaired) electrons. The summed E-state index contributed by atoms with van der Waals surface area (Å²) in [5.74, 6) is 0.0428. The molecule has 2 rings (SSSR count). The molecule has 0 fully saturated rings. The molecule has 2 aromatic carbocycles. The van der Waals surface area contributed by atoms with Crippen molar-refractivity contribution in [1.29, 1.82) is 5.41 Å². The van der Waals surface area contributed by atoms with Gasteiger partial charge in [-0.05, 0) is 38.0 Å². The van der Waals surface area contributed by atoms with Gasteiger partial charge in [0.05, 0.1) is 0 Å². The Morgan fingerprint density at radius 1 is 1.17 bits per heavy atom. The maximum Gasteiger partial charge on any atom is 0.267 e. The van der Waals surface area contributed by atoms with Crippen LogP contribution in [0.4, 0.5) is 0 Å². The first-order chi connectivity index (χ1) is 11.3. The zero-order valence-electron chi connectivity index (χ0n) is 14.2. The third-order valence-corrected chi connectivity index (χ3v) is 3.01. The quantitative estimate of drug-likeness (QED) is 0.632. The van der Waals surface area contributed by atoms with E-state index in [1.54, 1.807) is 12.1 Å². The summed E-state index contributed by atoms with van der Waals surface area (Å²) in [4.78, 5) is 11.1. The van der Waals surface area contributed by atoms with Crippen LogP contribution in [0.3, 0.4) is 0 Å². The predicted molar refractivity (Wildman–Crippen MR) is 99.0 cm³/mol. The van der Waals surface area contributed by atoms with Crippen LogP contribution in [-0.4, -0.2) is 17.0 Å². The maximum absolute atomic E-state index is 11.1. The van der Waals surface area contributed by atoms with E-state index in [1.165, 1.54) is 0 Å². The van der Waals surface area contributed by atoms with Gasteiger partial charge >= 0.3 is 0 Å². The van der Waals surface area contributed by atoms with Crippen LogP contribution in [0, 0.1) is 12.3 Å². The topological polar surface area (TPSA) is 76.2 Å². The van der Waals surface area contributed by atoms with E-state index in [0.717, 1.165) is 16.9 Å². The lowest BCUT2D eigenvalue weighted by Gasteiger charge is -2.12. The molecular formula is C19H23ClN2O2. The molecule has 128 valence electrons. The molecule has 0 atom stereocenters. The fraction of sp³-hybridized carbons (Fsp3) is 0.263. The van der Waals surface area contributed by atoms with Crippen molar-refractivity contribution in [1.82, 2.24) is 0 Å². The highest BCUT2D eigenvalue weighted by molar-refractivity contribution is 6.43. The van der Waals surface area contributed by atoms with Gasteiger partial charge in [-0.3, -0.25) is 10.2 Å². The summed E-state index contributed by atoms with van der Waals surface area (Å²) in [6.45, 7) is 6.12. The Balaban J connectivity index is 0.000000648. The van der Waals surface area contributed by atoms with Gasteiger partial charge in [0.2, 0.25) is 0 Å². The number of nitrogens with one attached hydrogen (secondary N) is 1. The van der Waals surface area contributed by atoms with Crippen molar-refractivity contribution in [2.24, 2.45) is 5.73 Å². The zero-order chi connectivity index (χ0) is 18.1. The van der Waals surface area contributed by atoms with E-state index in [2.05, 4.69) is 0 Å². The van der Waals surface area contributed by atoms with E-state index in [1.807, 2.05) is 57.2 Å². The number of hydrogen-bond donors (Lipinski definition) is 2. The van der Waals surface area contributed by atoms with E-state index in [0.29, 0.717) is 10.9 Å². The van der Waals surface area contributed by atoms with E-state index >= 15 is 0 Å². The summed E-state index contributed by atoms with van der Waals surface area (Å²) in [5.41, 5.74) is 7.27. The first-order valence-electron chi connectivity index (χ1n) is 7.62. The van der Waals surface area contributed by atoms with Crippen LogP contribution in [0.2, 0.25) is 0 Å². The molecule has 0 spiro atoms. The van der Waals surface area contributed by atoms with Crippen molar-refractivity contribution >= 4 is 23.2 Å². The Kier molecular flexibility index (Phi) is 7.99. The Morgan fingerprint density at radius 3 is 2.29 bits per heavy atom. The summed E-state index contributed by atoms with van der Waals surface area (Å²) in [6, 6.07) is 14.8. The number of primary amides is 1. The molecule has 0 heterocycles. The predicted octanol–water partition coefficient (Wildman–Crippen LogP) is 4.06. The molecule has 0 aliphatic heterocycles. The molecule has 0 bridgehead atoms. The van der Waals surface area contributed by atoms with Crippen molar-refractivity contribution in [2.45, 2.75) is 32.8 Å². The summed E-state index contributed by atoms with van der Waals surface area (Å²) in [7, 11) is 0. The summed E-state index contributed by atoms with van der Waals surface area (Å²) in [6.07, 6.45) is 0. The number of nitrogens with two attached hydrogens (primary N) is 1. The number of hydrogen-bond acceptors (Lipinski definition) is 3. The Labute approximate surface area is 148 Å². The van der Waals surface area contributed by atoms with Crippen LogP contribution in [0.15, 0.2) is 48.5 Å². The Bertz CT molecular complexity index is 697. The van der Waals surface area contributed by atoms with Crippen molar-refractivity contribution in [3.63, 3.8) is 0 Å². The lowest BCUT2D eigenvalue weighted by Crippen LogP contribution is -2.24. The first-order valence-corrected chi connectivity index (χ1v) is 8.05. The summed E-state index contributed by atoms with van der Waals surface area (Å²) < 4.78 is 5.74. The minimum absolute atomic E-state index is 0.200. The van der Waals surface area contributed by atoms with E-state index in [-0.39, 0.29) is 12.3 Å². The maximum atomic E-state index is 11.1. The SMILES string of the molecule is CC(C)Cl.Cc1ccccc1OCc1ccccc1C(=N)C(N)=O. The van der Waals surface area contributed by atoms with Crippen LogP contribution in [-0.2, 0) is 11.4 Å². The Morgan fingerprint density at radius 2 is 1.71 bits per heavy atom. The second-order valence-electron chi connectivity index (χ2n) is 5.46. The number of carbonyl (C=O) groups excluding carboxylic acids is 1. The molecule has 0 aliphatic rings. The van der Waals surface area contributed by atoms with Gasteiger partial charge in [0.15, 0.2) is 0 Å². The molecule has 3 N–H and O–H groups in total. The standard InChI is InChI=1S/C16H16N2O2.C3H7Cl/c1-11-6-2-5-9-14(11)20-10-12-7-3-4-8-13(12)15(17)16(18)19;1-3(2)4/h2-9,17H,10H2,1H3,(H2,18,19);3H,1-2H3. The molecule has 2 aromatic rings. The number of halogens is 1. The molecule has 0 saturated heterocycles. The van der Waals surface area contributed by atoms with Crippen LogP contribution >= 0.6 is 11.6 Å². The van der Waals surface area contributed by atoms with Crippen LogP contribution in [0.25, 0.3) is 0 Å². The second-order valence-corrected chi connectivity index (χ2v) is 6.34. The number of aryl methyl sites for hydroxylation is 1. The number of alkyl halides is 1. The van der Waals surface area contributed by atoms with Crippen molar-refractivity contribution in [3.05, 3.63) is 65.2 Å². The fourth-order valence-electron chi connectivity index (χ4n) is 1.90. The van der Waals surface area contributed by atoms with Gasteiger partial charge in [-0.1, -0.05) is 42.5 Å². The first kappa shape index (κ1) is 19.7. The van der Waals surface area contributed by atoms with Crippen LogP contribution in [0.5, 0.6) is 5.75 Å². The summed E-state index contributed by atoms with van der Waals surface area (Å²) >= 11 is 5.27. The van der Waals surface area contributed by atoms with Crippen LogP contribution in [0.1, 0.15) is 30.5 Å². The molecular weight excluding hydrogens is 324 g/mol. The average molecular weight is 347 g/mol. The molecule has 1 amide bonds. The minimum atomic E-state index is -0.742. The monoisotopic (exact) mass is 346 g/mol. The summed E-state index contributed by atoms with van der Waals surface area (Å²) in [5, 5.41) is 8.03. The van der Waals surface area contributed by atoms with E-state index < -0.39 is 5.91 Å². The highest BCUT2D eigenvalue weighted by Gasteiger charge is 2.12. The van der Waals surface area contributed by atoms with E-state index in [9.17, 15) is 4.79 Å². The highest BCUT2D eigenvalue weighted by Crippen LogP contribution is 2.19. The van der Waals surface area contributed by atoms with E-state index in [4.69, 9.17) is 27.5 Å². The number of benzene rings is 2. The van der Waals surface area contributed by atoms with Gasteiger partial charge in [0, 0.05) is 10.9 Å². The van der Waals surface area contributed by atoms with Crippen LogP contribution < -0.4 is 10.5 Å². The minimum Gasteiger partial charge on any atom is -0.489 e. The number of para-hydroxylation sites is 1. The molecule has 24 heavy (non-hydrogen) atoms. The molecule has 4 nitrogen and oxygen atoms in total. The lowest BCUT2D eigenvalue weighted by molar-refractivity contribution is -0.112. The third kappa shape index (κ3) is 6.42. The van der Waals surface area contributed by atoms with Gasteiger partial charge in [-0.15, -0.1) is 11.6 Å².